The van der Waals surface area contributed by atoms with Gasteiger partial charge in [-0.3, -0.25) is 4.79 Å². The highest BCUT2D eigenvalue weighted by molar-refractivity contribution is 5.76. The van der Waals surface area contributed by atoms with Gasteiger partial charge in [-0.05, 0) is 37.5 Å². The van der Waals surface area contributed by atoms with Crippen LogP contribution >= 0.6 is 0 Å². The molecule has 0 fully saturated rings. The van der Waals surface area contributed by atoms with Crippen LogP contribution in [0.4, 0.5) is 0 Å². The fourth-order valence-electron chi connectivity index (χ4n) is 2.03. The van der Waals surface area contributed by atoms with Crippen LogP contribution < -0.4 is 5.32 Å². The number of amides is 1. The summed E-state index contributed by atoms with van der Waals surface area (Å²) in [4.78, 5) is 13.2. The summed E-state index contributed by atoms with van der Waals surface area (Å²) in [5.74, 6) is 0.879. The van der Waals surface area contributed by atoms with Crippen molar-refractivity contribution in [2.75, 3.05) is 0 Å². The van der Waals surface area contributed by atoms with Gasteiger partial charge in [-0.15, -0.1) is 10.2 Å². The molecule has 0 spiro atoms. The second kappa shape index (κ2) is 6.25. The average molecular weight is 301 g/mol. The number of carbonyl (C=O) groups excluding carboxylic acids is 1. The van der Waals surface area contributed by atoms with E-state index in [0.717, 1.165) is 5.56 Å². The van der Waals surface area contributed by atoms with Gasteiger partial charge in [0.2, 0.25) is 11.7 Å². The Labute approximate surface area is 130 Å². The van der Waals surface area contributed by atoms with E-state index in [1.54, 1.807) is 0 Å². The van der Waals surface area contributed by atoms with E-state index in [4.69, 9.17) is 0 Å². The van der Waals surface area contributed by atoms with Crippen molar-refractivity contribution in [2.24, 2.45) is 0 Å². The van der Waals surface area contributed by atoms with Gasteiger partial charge in [0.15, 0.2) is 0 Å². The number of hydrogen-bond acceptors (Lipinski definition) is 4. The van der Waals surface area contributed by atoms with Gasteiger partial charge in [-0.2, -0.15) is 4.80 Å². The zero-order valence-electron chi connectivity index (χ0n) is 13.8. The zero-order chi connectivity index (χ0) is 16.3. The normalized spacial score (nSPS) is 11.7. The largest absolute Gasteiger partial charge is 0.350 e. The summed E-state index contributed by atoms with van der Waals surface area (Å²) < 4.78 is 0. The van der Waals surface area contributed by atoms with Crippen LogP contribution in [0, 0.1) is 0 Å². The van der Waals surface area contributed by atoms with Gasteiger partial charge in [0.1, 0.15) is 6.54 Å². The van der Waals surface area contributed by atoms with Crippen LogP contribution in [-0.4, -0.2) is 31.7 Å². The molecule has 0 aliphatic heterocycles. The summed E-state index contributed by atoms with van der Waals surface area (Å²) in [7, 11) is 0. The van der Waals surface area contributed by atoms with Crippen LogP contribution in [0.25, 0.3) is 11.4 Å². The Morgan fingerprint density at radius 3 is 2.41 bits per heavy atom. The second-order valence-corrected chi connectivity index (χ2v) is 6.72. The fraction of sp³-hybridized carbons (Fsp3) is 0.500. The number of benzene rings is 1. The molecule has 0 saturated carbocycles. The minimum absolute atomic E-state index is 0.0638. The van der Waals surface area contributed by atoms with E-state index in [1.807, 2.05) is 32.9 Å². The Bertz CT molecular complexity index is 637. The van der Waals surface area contributed by atoms with Crippen molar-refractivity contribution in [1.29, 1.82) is 0 Å². The maximum Gasteiger partial charge on any atom is 0.244 e. The van der Waals surface area contributed by atoms with Gasteiger partial charge < -0.3 is 5.32 Å². The van der Waals surface area contributed by atoms with Crippen molar-refractivity contribution >= 4 is 5.91 Å². The molecular formula is C16H23N5O. The third kappa shape index (κ3) is 4.38. The molecule has 0 saturated heterocycles. The lowest BCUT2D eigenvalue weighted by Gasteiger charge is -2.19. The van der Waals surface area contributed by atoms with Crippen molar-refractivity contribution in [3.63, 3.8) is 0 Å². The summed E-state index contributed by atoms with van der Waals surface area (Å²) in [6.45, 7) is 10.2. The van der Waals surface area contributed by atoms with Crippen molar-refractivity contribution in [3.8, 4) is 11.4 Å². The lowest BCUT2D eigenvalue weighted by molar-refractivity contribution is -0.123. The summed E-state index contributed by atoms with van der Waals surface area (Å²) in [6.07, 6.45) is 0. The van der Waals surface area contributed by atoms with E-state index in [1.165, 1.54) is 10.4 Å². The Morgan fingerprint density at radius 1 is 1.23 bits per heavy atom. The Kier molecular flexibility index (Phi) is 4.59. The van der Waals surface area contributed by atoms with Crippen LogP contribution in [0.2, 0.25) is 0 Å². The van der Waals surface area contributed by atoms with Gasteiger partial charge >= 0.3 is 0 Å². The molecule has 118 valence electrons. The van der Waals surface area contributed by atoms with Crippen molar-refractivity contribution < 1.29 is 4.79 Å². The van der Waals surface area contributed by atoms with E-state index in [0.29, 0.717) is 11.7 Å². The monoisotopic (exact) mass is 301 g/mol. The lowest BCUT2D eigenvalue weighted by atomic mass is 10.0. The van der Waals surface area contributed by atoms with Crippen LogP contribution in [0.5, 0.6) is 0 Å². The summed E-state index contributed by atoms with van der Waals surface area (Å²) in [5.41, 5.74) is 1.89. The van der Waals surface area contributed by atoms with Gasteiger partial charge in [0.05, 0.1) is 0 Å². The highest BCUT2D eigenvalue weighted by atomic mass is 16.2. The summed E-state index contributed by atoms with van der Waals surface area (Å²) in [5, 5.41) is 15.1. The molecule has 6 nitrogen and oxygen atoms in total. The molecule has 0 aliphatic rings. The molecule has 22 heavy (non-hydrogen) atoms. The lowest BCUT2D eigenvalue weighted by Crippen LogP contribution is -2.42. The zero-order valence-corrected chi connectivity index (χ0v) is 13.8. The number of aromatic nitrogens is 4. The predicted octanol–water partition coefficient (Wildman–Crippen LogP) is 2.38. The highest BCUT2D eigenvalue weighted by Gasteiger charge is 2.15. The quantitative estimate of drug-likeness (QED) is 0.941. The van der Waals surface area contributed by atoms with E-state index in [2.05, 4.69) is 46.7 Å². The second-order valence-electron chi connectivity index (χ2n) is 6.72. The average Bonchev–Trinajstić information content (AvgIpc) is 2.85. The fourth-order valence-corrected chi connectivity index (χ4v) is 2.03. The number of nitrogens with one attached hydrogen (secondary N) is 1. The van der Waals surface area contributed by atoms with Crippen molar-refractivity contribution in [3.05, 3.63) is 29.8 Å². The number of nitrogens with zero attached hydrogens (tertiary/aromatic N) is 4. The SMILES string of the molecule is CC(C)c1ccc(-c2nnn(CC(=O)NC(C)(C)C)n2)cc1. The van der Waals surface area contributed by atoms with Crippen LogP contribution in [0.15, 0.2) is 24.3 Å². The number of hydrogen-bond donors (Lipinski definition) is 1. The molecule has 1 heterocycles. The number of rotatable bonds is 4. The standard InChI is InChI=1S/C16H23N5O/c1-11(2)12-6-8-13(9-7-12)15-18-20-21(19-15)10-14(22)17-16(3,4)5/h6-9,11H,10H2,1-5H3,(H,17,22). The minimum atomic E-state index is -0.271. The van der Waals surface area contributed by atoms with E-state index < -0.39 is 0 Å². The number of carbonyl (C=O) groups is 1. The molecule has 2 rings (SSSR count). The number of tetrazole rings is 1. The van der Waals surface area contributed by atoms with E-state index in [-0.39, 0.29) is 18.0 Å². The summed E-state index contributed by atoms with van der Waals surface area (Å²) in [6, 6.07) is 8.08. The first-order valence-corrected chi connectivity index (χ1v) is 7.44. The molecule has 1 aromatic carbocycles. The first-order valence-electron chi connectivity index (χ1n) is 7.44. The van der Waals surface area contributed by atoms with Gasteiger partial charge in [0.25, 0.3) is 0 Å². The van der Waals surface area contributed by atoms with Crippen LogP contribution in [0.1, 0.15) is 46.1 Å². The smallest absolute Gasteiger partial charge is 0.244 e. The molecule has 0 atom stereocenters. The van der Waals surface area contributed by atoms with Crippen molar-refractivity contribution in [2.45, 2.75) is 52.6 Å². The first-order chi connectivity index (χ1) is 10.2. The predicted molar refractivity (Wildman–Crippen MR) is 85.2 cm³/mol. The summed E-state index contributed by atoms with van der Waals surface area (Å²) >= 11 is 0. The Balaban J connectivity index is 2.06. The van der Waals surface area contributed by atoms with Gasteiger partial charge in [-0.1, -0.05) is 38.1 Å². The van der Waals surface area contributed by atoms with Gasteiger partial charge in [-0.25, -0.2) is 0 Å². The molecule has 1 aromatic heterocycles. The van der Waals surface area contributed by atoms with E-state index in [9.17, 15) is 4.79 Å². The molecule has 6 heteroatoms. The molecule has 0 radical (unpaired) electrons. The Morgan fingerprint density at radius 2 is 1.86 bits per heavy atom. The highest BCUT2D eigenvalue weighted by Crippen LogP contribution is 2.19. The molecule has 0 unspecified atom stereocenters. The maximum absolute atomic E-state index is 11.9. The van der Waals surface area contributed by atoms with E-state index >= 15 is 0 Å². The van der Waals surface area contributed by atoms with Gasteiger partial charge in [0, 0.05) is 11.1 Å². The maximum atomic E-state index is 11.9. The molecule has 0 aliphatic carbocycles. The van der Waals surface area contributed by atoms with Crippen molar-refractivity contribution in [1.82, 2.24) is 25.5 Å². The third-order valence-electron chi connectivity index (χ3n) is 3.09. The molecule has 2 aromatic rings. The first kappa shape index (κ1) is 16.1. The third-order valence-corrected chi connectivity index (χ3v) is 3.09. The van der Waals surface area contributed by atoms with Crippen LogP contribution in [0.3, 0.4) is 0 Å². The molecule has 0 bridgehead atoms. The van der Waals surface area contributed by atoms with Crippen LogP contribution in [-0.2, 0) is 11.3 Å². The molecule has 1 N–H and O–H groups in total. The minimum Gasteiger partial charge on any atom is -0.350 e. The Hall–Kier alpha value is -2.24. The topological polar surface area (TPSA) is 72.7 Å². The molecule has 1 amide bonds. The molecular weight excluding hydrogens is 278 g/mol.